The van der Waals surface area contributed by atoms with Gasteiger partial charge in [0.2, 0.25) is 0 Å². The van der Waals surface area contributed by atoms with Gasteiger partial charge in [0, 0.05) is 24.5 Å². The third-order valence-electron chi connectivity index (χ3n) is 2.81. The molecular formula is C13H17N3O. The van der Waals surface area contributed by atoms with Gasteiger partial charge < -0.3 is 10.4 Å². The van der Waals surface area contributed by atoms with Gasteiger partial charge in [0.05, 0.1) is 12.2 Å². The number of aromatic hydroxyl groups is 1. The van der Waals surface area contributed by atoms with E-state index in [1.807, 2.05) is 32.4 Å². The number of aryl methyl sites for hydroxylation is 2. The summed E-state index contributed by atoms with van der Waals surface area (Å²) in [6.07, 6.45) is 3.85. The lowest BCUT2D eigenvalue weighted by Crippen LogP contribution is -2.06. The molecule has 90 valence electrons. The molecule has 2 N–H and O–H groups in total. The zero-order valence-electron chi connectivity index (χ0n) is 10.3. The molecule has 0 fully saturated rings. The number of nitrogens with zero attached hydrogens (tertiary/aromatic N) is 2. The average molecular weight is 231 g/mol. The number of rotatable bonds is 3. The molecule has 0 radical (unpaired) electrons. The molecule has 0 aliphatic heterocycles. The Balaban J connectivity index is 2.15. The van der Waals surface area contributed by atoms with Crippen molar-refractivity contribution >= 4 is 5.69 Å². The number of phenolic OH excluding ortho intramolecular Hbond substituents is 1. The number of hydrogen-bond donors (Lipinski definition) is 2. The fraction of sp³-hybridized carbons (Fsp3) is 0.308. The van der Waals surface area contributed by atoms with Crippen LogP contribution in [0.1, 0.15) is 24.1 Å². The predicted octanol–water partition coefficient (Wildman–Crippen LogP) is 2.61. The second-order valence-corrected chi connectivity index (χ2v) is 4.31. The highest BCUT2D eigenvalue weighted by Crippen LogP contribution is 2.24. The largest absolute Gasteiger partial charge is 0.508 e. The molecule has 0 saturated carbocycles. The summed E-state index contributed by atoms with van der Waals surface area (Å²) in [6.45, 7) is 4.06. The molecule has 0 aliphatic rings. The number of nitrogens with one attached hydrogen (secondary N) is 1. The van der Waals surface area contributed by atoms with E-state index >= 15 is 0 Å². The van der Waals surface area contributed by atoms with Crippen LogP contribution in [-0.4, -0.2) is 14.9 Å². The van der Waals surface area contributed by atoms with Crippen LogP contribution < -0.4 is 5.32 Å². The maximum Gasteiger partial charge on any atom is 0.115 e. The van der Waals surface area contributed by atoms with Crippen LogP contribution in [0.15, 0.2) is 30.6 Å². The van der Waals surface area contributed by atoms with Crippen LogP contribution in [0.3, 0.4) is 0 Å². The van der Waals surface area contributed by atoms with Gasteiger partial charge in [-0.2, -0.15) is 5.10 Å². The molecule has 2 rings (SSSR count). The zero-order valence-corrected chi connectivity index (χ0v) is 10.3. The molecule has 0 saturated heterocycles. The van der Waals surface area contributed by atoms with Gasteiger partial charge in [0.15, 0.2) is 0 Å². The van der Waals surface area contributed by atoms with E-state index in [0.717, 1.165) is 16.8 Å². The molecule has 0 amide bonds. The predicted molar refractivity (Wildman–Crippen MR) is 68.1 cm³/mol. The lowest BCUT2D eigenvalue weighted by Gasteiger charge is -2.15. The zero-order chi connectivity index (χ0) is 12.4. The third-order valence-corrected chi connectivity index (χ3v) is 2.81. The van der Waals surface area contributed by atoms with Gasteiger partial charge in [-0.05, 0) is 37.6 Å². The molecule has 4 nitrogen and oxygen atoms in total. The Bertz CT molecular complexity index is 519. The van der Waals surface area contributed by atoms with Crippen molar-refractivity contribution < 1.29 is 5.11 Å². The monoisotopic (exact) mass is 231 g/mol. The normalized spacial score (nSPS) is 12.4. The first-order valence-electron chi connectivity index (χ1n) is 5.61. The summed E-state index contributed by atoms with van der Waals surface area (Å²) in [6, 6.07) is 5.51. The standard InChI is InChI=1S/C13H17N3O/c1-9-6-12(17)4-5-13(9)15-10(2)11-7-14-16(3)8-11/h4-8,10,15,17H,1-3H3. The van der Waals surface area contributed by atoms with Crippen molar-refractivity contribution in [2.75, 3.05) is 5.32 Å². The van der Waals surface area contributed by atoms with Crippen molar-refractivity contribution in [1.82, 2.24) is 9.78 Å². The molecule has 0 aliphatic carbocycles. The SMILES string of the molecule is Cc1cc(O)ccc1NC(C)c1cnn(C)c1. The molecule has 1 aromatic carbocycles. The van der Waals surface area contributed by atoms with E-state index in [1.54, 1.807) is 16.8 Å². The maximum atomic E-state index is 9.35. The highest BCUT2D eigenvalue weighted by molar-refractivity contribution is 5.54. The first-order valence-corrected chi connectivity index (χ1v) is 5.61. The molecule has 2 aromatic rings. The molecule has 4 heteroatoms. The van der Waals surface area contributed by atoms with Gasteiger partial charge in [0.25, 0.3) is 0 Å². The minimum absolute atomic E-state index is 0.187. The quantitative estimate of drug-likeness (QED) is 0.798. The topological polar surface area (TPSA) is 50.1 Å². The van der Waals surface area contributed by atoms with Crippen molar-refractivity contribution in [1.29, 1.82) is 0 Å². The fourth-order valence-corrected chi connectivity index (χ4v) is 1.79. The molecule has 17 heavy (non-hydrogen) atoms. The van der Waals surface area contributed by atoms with Crippen molar-refractivity contribution in [3.63, 3.8) is 0 Å². The van der Waals surface area contributed by atoms with Crippen molar-refractivity contribution in [3.05, 3.63) is 41.7 Å². The first kappa shape index (κ1) is 11.5. The Morgan fingerprint density at radius 3 is 2.76 bits per heavy atom. The fourth-order valence-electron chi connectivity index (χ4n) is 1.79. The van der Waals surface area contributed by atoms with E-state index in [2.05, 4.69) is 17.3 Å². The summed E-state index contributed by atoms with van der Waals surface area (Å²) in [5.74, 6) is 0.294. The summed E-state index contributed by atoms with van der Waals surface area (Å²) in [5.41, 5.74) is 3.19. The van der Waals surface area contributed by atoms with Gasteiger partial charge in [-0.15, -0.1) is 0 Å². The Hall–Kier alpha value is -1.97. The Morgan fingerprint density at radius 2 is 2.18 bits per heavy atom. The lowest BCUT2D eigenvalue weighted by atomic mass is 10.1. The molecule has 0 spiro atoms. The number of anilines is 1. The van der Waals surface area contributed by atoms with Gasteiger partial charge in [-0.1, -0.05) is 0 Å². The summed E-state index contributed by atoms with van der Waals surface area (Å²) >= 11 is 0. The second-order valence-electron chi connectivity index (χ2n) is 4.31. The van der Waals surface area contributed by atoms with Gasteiger partial charge in [-0.25, -0.2) is 0 Å². The van der Waals surface area contributed by atoms with Gasteiger partial charge >= 0.3 is 0 Å². The van der Waals surface area contributed by atoms with Crippen LogP contribution in [-0.2, 0) is 7.05 Å². The van der Waals surface area contributed by atoms with E-state index < -0.39 is 0 Å². The smallest absolute Gasteiger partial charge is 0.115 e. The third kappa shape index (κ3) is 2.58. The van der Waals surface area contributed by atoms with E-state index in [0.29, 0.717) is 5.75 Å². The van der Waals surface area contributed by atoms with Gasteiger partial charge in [0.1, 0.15) is 5.75 Å². The summed E-state index contributed by atoms with van der Waals surface area (Å²) < 4.78 is 1.79. The van der Waals surface area contributed by atoms with Crippen LogP contribution in [0.2, 0.25) is 0 Å². The second kappa shape index (κ2) is 4.49. The summed E-state index contributed by atoms with van der Waals surface area (Å²) in [5, 5.41) is 16.9. The van der Waals surface area contributed by atoms with E-state index in [4.69, 9.17) is 0 Å². The van der Waals surface area contributed by atoms with Crippen LogP contribution in [0.4, 0.5) is 5.69 Å². The number of benzene rings is 1. The Kier molecular flexibility index (Phi) is 3.04. The van der Waals surface area contributed by atoms with Crippen molar-refractivity contribution in [2.24, 2.45) is 7.05 Å². The van der Waals surface area contributed by atoms with E-state index in [9.17, 15) is 5.11 Å². The summed E-state index contributed by atoms with van der Waals surface area (Å²) in [4.78, 5) is 0. The highest BCUT2D eigenvalue weighted by atomic mass is 16.3. The molecule has 1 atom stereocenters. The van der Waals surface area contributed by atoms with Crippen LogP contribution in [0.25, 0.3) is 0 Å². The van der Waals surface area contributed by atoms with Gasteiger partial charge in [-0.3, -0.25) is 4.68 Å². The maximum absolute atomic E-state index is 9.35. The number of phenols is 1. The number of hydrogen-bond acceptors (Lipinski definition) is 3. The van der Waals surface area contributed by atoms with E-state index in [1.165, 1.54) is 0 Å². The van der Waals surface area contributed by atoms with Crippen LogP contribution >= 0.6 is 0 Å². The van der Waals surface area contributed by atoms with Crippen molar-refractivity contribution in [3.8, 4) is 5.75 Å². The Morgan fingerprint density at radius 1 is 1.41 bits per heavy atom. The molecule has 1 heterocycles. The molecular weight excluding hydrogens is 214 g/mol. The Labute approximate surface area is 101 Å². The minimum Gasteiger partial charge on any atom is -0.508 e. The molecule has 0 bridgehead atoms. The van der Waals surface area contributed by atoms with Crippen LogP contribution in [0, 0.1) is 6.92 Å². The lowest BCUT2D eigenvalue weighted by molar-refractivity contribution is 0.475. The highest BCUT2D eigenvalue weighted by Gasteiger charge is 2.08. The first-order chi connectivity index (χ1) is 8.06. The van der Waals surface area contributed by atoms with E-state index in [-0.39, 0.29) is 6.04 Å². The van der Waals surface area contributed by atoms with Crippen molar-refractivity contribution in [2.45, 2.75) is 19.9 Å². The molecule has 1 unspecified atom stereocenters. The number of aromatic nitrogens is 2. The summed E-state index contributed by atoms with van der Waals surface area (Å²) in [7, 11) is 1.90. The minimum atomic E-state index is 0.187. The van der Waals surface area contributed by atoms with Crippen LogP contribution in [0.5, 0.6) is 5.75 Å². The average Bonchev–Trinajstić information content (AvgIpc) is 2.69. The molecule has 1 aromatic heterocycles.